The maximum atomic E-state index is 11.1. The summed E-state index contributed by atoms with van der Waals surface area (Å²) in [6, 6.07) is 7.14. The van der Waals surface area contributed by atoms with Crippen LogP contribution >= 0.6 is 0 Å². The zero-order valence-electron chi connectivity index (χ0n) is 9.15. The highest BCUT2D eigenvalue weighted by Gasteiger charge is 2.05. The number of rotatable bonds is 3. The van der Waals surface area contributed by atoms with E-state index in [1.54, 1.807) is 18.2 Å². The second kappa shape index (κ2) is 3.83. The summed E-state index contributed by atoms with van der Waals surface area (Å²) in [6.45, 7) is 2.01. The van der Waals surface area contributed by atoms with E-state index in [1.807, 2.05) is 13.0 Å². The van der Waals surface area contributed by atoms with E-state index in [4.69, 9.17) is 4.42 Å². The second-order valence-electron chi connectivity index (χ2n) is 3.69. The van der Waals surface area contributed by atoms with E-state index in [9.17, 15) is 8.42 Å². The number of furan rings is 1. The molecular weight excluding hydrogens is 226 g/mol. The molecule has 0 aliphatic rings. The predicted octanol–water partition coefficient (Wildman–Crippen LogP) is 2.37. The third-order valence-corrected chi connectivity index (χ3v) is 2.83. The lowest BCUT2D eigenvalue weighted by Crippen LogP contribution is -2.09. The zero-order chi connectivity index (χ0) is 11.8. The van der Waals surface area contributed by atoms with E-state index >= 15 is 0 Å². The van der Waals surface area contributed by atoms with Gasteiger partial charge in [-0.25, -0.2) is 8.42 Å². The number of nitrogens with one attached hydrogen (secondary N) is 1. The molecule has 2 aromatic rings. The third kappa shape index (κ3) is 2.36. The van der Waals surface area contributed by atoms with Crippen molar-refractivity contribution in [3.63, 3.8) is 0 Å². The summed E-state index contributed by atoms with van der Waals surface area (Å²) < 4.78 is 30.1. The van der Waals surface area contributed by atoms with Crippen molar-refractivity contribution in [2.24, 2.45) is 0 Å². The van der Waals surface area contributed by atoms with Crippen molar-refractivity contribution in [1.82, 2.24) is 0 Å². The normalized spacial score (nSPS) is 11.9. The molecule has 0 atom stereocenters. The first-order valence-electron chi connectivity index (χ1n) is 4.98. The maximum absolute atomic E-state index is 11.1. The van der Waals surface area contributed by atoms with Gasteiger partial charge in [0.25, 0.3) is 0 Å². The summed E-state index contributed by atoms with van der Waals surface area (Å²) in [5, 5.41) is 0.908. The molecule has 0 fully saturated rings. The van der Waals surface area contributed by atoms with Crippen LogP contribution in [0.2, 0.25) is 0 Å². The van der Waals surface area contributed by atoms with E-state index in [-0.39, 0.29) is 0 Å². The Morgan fingerprint density at radius 2 is 2.06 bits per heavy atom. The lowest BCUT2D eigenvalue weighted by atomic mass is 10.2. The topological polar surface area (TPSA) is 59.3 Å². The van der Waals surface area contributed by atoms with Crippen LogP contribution in [0.25, 0.3) is 11.0 Å². The molecule has 16 heavy (non-hydrogen) atoms. The molecule has 0 bridgehead atoms. The van der Waals surface area contributed by atoms with Gasteiger partial charge >= 0.3 is 0 Å². The third-order valence-electron chi connectivity index (χ3n) is 2.22. The summed E-state index contributed by atoms with van der Waals surface area (Å²) in [6.07, 6.45) is 1.95. The molecule has 0 spiro atoms. The molecule has 0 radical (unpaired) electrons. The van der Waals surface area contributed by atoms with E-state index in [0.717, 1.165) is 29.4 Å². The molecule has 1 aromatic carbocycles. The number of hydrogen-bond acceptors (Lipinski definition) is 3. The van der Waals surface area contributed by atoms with Gasteiger partial charge in [0, 0.05) is 17.5 Å². The molecule has 5 heteroatoms. The Hall–Kier alpha value is -1.49. The van der Waals surface area contributed by atoms with Crippen LogP contribution in [0.15, 0.2) is 28.7 Å². The summed E-state index contributed by atoms with van der Waals surface area (Å²) in [7, 11) is -3.23. The molecule has 0 aliphatic heterocycles. The molecule has 0 unspecified atom stereocenters. The van der Waals surface area contributed by atoms with Gasteiger partial charge in [0.15, 0.2) is 0 Å². The minimum Gasteiger partial charge on any atom is -0.461 e. The predicted molar refractivity (Wildman–Crippen MR) is 64.1 cm³/mol. The molecule has 4 nitrogen and oxygen atoms in total. The van der Waals surface area contributed by atoms with E-state index < -0.39 is 10.0 Å². The van der Waals surface area contributed by atoms with E-state index in [1.165, 1.54) is 0 Å². The molecule has 1 aromatic heterocycles. The van der Waals surface area contributed by atoms with Crippen molar-refractivity contribution in [2.45, 2.75) is 13.3 Å². The molecule has 2 rings (SSSR count). The highest BCUT2D eigenvalue weighted by Crippen LogP contribution is 2.23. The van der Waals surface area contributed by atoms with E-state index in [2.05, 4.69) is 4.72 Å². The van der Waals surface area contributed by atoms with Crippen molar-refractivity contribution < 1.29 is 12.8 Å². The molecule has 86 valence electrons. The van der Waals surface area contributed by atoms with Gasteiger partial charge in [-0.1, -0.05) is 6.92 Å². The average Bonchev–Trinajstić information content (AvgIpc) is 2.57. The lowest BCUT2D eigenvalue weighted by Gasteiger charge is -2.02. The van der Waals surface area contributed by atoms with Gasteiger partial charge in [-0.05, 0) is 24.3 Å². The molecule has 0 saturated carbocycles. The van der Waals surface area contributed by atoms with Crippen LogP contribution < -0.4 is 4.72 Å². The van der Waals surface area contributed by atoms with Crippen LogP contribution in [-0.2, 0) is 16.4 Å². The van der Waals surface area contributed by atoms with Gasteiger partial charge in [-0.15, -0.1) is 0 Å². The minimum atomic E-state index is -3.23. The summed E-state index contributed by atoms with van der Waals surface area (Å²) in [5.41, 5.74) is 1.33. The van der Waals surface area contributed by atoms with Gasteiger partial charge in [0.05, 0.1) is 6.26 Å². The summed E-state index contributed by atoms with van der Waals surface area (Å²) in [4.78, 5) is 0. The van der Waals surface area contributed by atoms with Crippen molar-refractivity contribution in [3.8, 4) is 0 Å². The van der Waals surface area contributed by atoms with Gasteiger partial charge in [0.2, 0.25) is 10.0 Å². The molecule has 0 amide bonds. The molecule has 1 N–H and O–H groups in total. The van der Waals surface area contributed by atoms with Gasteiger partial charge in [-0.3, -0.25) is 4.72 Å². The monoisotopic (exact) mass is 239 g/mol. The van der Waals surface area contributed by atoms with Gasteiger partial charge in [-0.2, -0.15) is 0 Å². The Kier molecular flexibility index (Phi) is 2.63. The number of hydrogen-bond donors (Lipinski definition) is 1. The summed E-state index contributed by atoms with van der Waals surface area (Å²) >= 11 is 0. The zero-order valence-corrected chi connectivity index (χ0v) is 9.97. The van der Waals surface area contributed by atoms with Crippen molar-refractivity contribution in [3.05, 3.63) is 30.0 Å². The number of fused-ring (bicyclic) bond motifs is 1. The largest absolute Gasteiger partial charge is 0.461 e. The van der Waals surface area contributed by atoms with Crippen LogP contribution in [0.4, 0.5) is 5.69 Å². The number of aryl methyl sites for hydroxylation is 1. The van der Waals surface area contributed by atoms with Crippen molar-refractivity contribution in [2.75, 3.05) is 11.0 Å². The SMILES string of the molecule is CCc1cc2cc(NS(C)(=O)=O)ccc2o1. The first-order valence-corrected chi connectivity index (χ1v) is 6.87. The highest BCUT2D eigenvalue weighted by atomic mass is 32.2. The summed E-state index contributed by atoms with van der Waals surface area (Å²) in [5.74, 6) is 0.895. The fourth-order valence-corrected chi connectivity index (χ4v) is 2.11. The van der Waals surface area contributed by atoms with Crippen molar-refractivity contribution >= 4 is 26.7 Å². The molecule has 0 saturated heterocycles. The van der Waals surface area contributed by atoms with Crippen LogP contribution in [0.3, 0.4) is 0 Å². The smallest absolute Gasteiger partial charge is 0.229 e. The average molecular weight is 239 g/mol. The Labute approximate surface area is 94.3 Å². The lowest BCUT2D eigenvalue weighted by molar-refractivity contribution is 0.557. The fraction of sp³-hybridized carbons (Fsp3) is 0.273. The Bertz CT molecular complexity index is 613. The standard InChI is InChI=1S/C11H13NO3S/c1-3-10-7-8-6-9(12-16(2,13)14)4-5-11(8)15-10/h4-7,12H,3H2,1-2H3. The molecular formula is C11H13NO3S. The number of sulfonamides is 1. The quantitative estimate of drug-likeness (QED) is 0.894. The van der Waals surface area contributed by atoms with Crippen LogP contribution in [0.5, 0.6) is 0 Å². The first kappa shape index (κ1) is 11.0. The molecule has 0 aliphatic carbocycles. The highest BCUT2D eigenvalue weighted by molar-refractivity contribution is 7.92. The van der Waals surface area contributed by atoms with Gasteiger partial charge in [0.1, 0.15) is 11.3 Å². The fourth-order valence-electron chi connectivity index (χ4n) is 1.55. The number of benzene rings is 1. The van der Waals surface area contributed by atoms with Crippen LogP contribution in [0.1, 0.15) is 12.7 Å². The van der Waals surface area contributed by atoms with Crippen LogP contribution in [-0.4, -0.2) is 14.7 Å². The second-order valence-corrected chi connectivity index (χ2v) is 5.44. The maximum Gasteiger partial charge on any atom is 0.229 e. The van der Waals surface area contributed by atoms with E-state index in [0.29, 0.717) is 5.69 Å². The first-order chi connectivity index (χ1) is 7.48. The number of anilines is 1. The Morgan fingerprint density at radius 1 is 1.31 bits per heavy atom. The Balaban J connectivity index is 2.43. The molecule has 1 heterocycles. The van der Waals surface area contributed by atoms with Crippen molar-refractivity contribution in [1.29, 1.82) is 0 Å². The minimum absolute atomic E-state index is 0.554. The van der Waals surface area contributed by atoms with Gasteiger partial charge < -0.3 is 4.42 Å². The van der Waals surface area contributed by atoms with Crippen LogP contribution in [0, 0.1) is 0 Å². The Morgan fingerprint density at radius 3 is 2.69 bits per heavy atom.